The first-order chi connectivity index (χ1) is 9.02. The van der Waals surface area contributed by atoms with Gasteiger partial charge in [0.25, 0.3) is 5.69 Å². The van der Waals surface area contributed by atoms with Crippen molar-refractivity contribution < 1.29 is 4.92 Å². The maximum atomic E-state index is 11.1. The van der Waals surface area contributed by atoms with E-state index in [1.807, 2.05) is 32.0 Å². The Labute approximate surface area is 111 Å². The third-order valence-corrected chi connectivity index (χ3v) is 2.97. The number of aryl methyl sites for hydroxylation is 2. The number of benzene rings is 1. The third kappa shape index (κ3) is 2.54. The molecule has 5 nitrogen and oxygen atoms in total. The lowest BCUT2D eigenvalue weighted by atomic mass is 10.0. The molecule has 0 bridgehead atoms. The molecule has 1 aromatic heterocycles. The number of aromatic nitrogens is 1. The fraction of sp³-hybridized carbons (Fsp3) is 0.214. The fourth-order valence-corrected chi connectivity index (χ4v) is 1.93. The van der Waals surface area contributed by atoms with Crippen LogP contribution in [0.25, 0.3) is 11.3 Å². The summed E-state index contributed by atoms with van der Waals surface area (Å²) in [5.74, 6) is 0.613. The van der Waals surface area contributed by atoms with E-state index in [-0.39, 0.29) is 5.69 Å². The number of rotatable bonds is 3. The minimum absolute atomic E-state index is 0.0210. The van der Waals surface area contributed by atoms with Gasteiger partial charge < -0.3 is 5.32 Å². The van der Waals surface area contributed by atoms with Crippen LogP contribution in [0.1, 0.15) is 11.1 Å². The van der Waals surface area contributed by atoms with Crippen LogP contribution in [0.5, 0.6) is 0 Å². The molecule has 0 saturated heterocycles. The number of nitro groups is 1. The molecule has 2 aromatic rings. The first-order valence-corrected chi connectivity index (χ1v) is 5.93. The summed E-state index contributed by atoms with van der Waals surface area (Å²) < 4.78 is 0. The molecule has 0 spiro atoms. The highest BCUT2D eigenvalue weighted by Crippen LogP contribution is 2.32. The summed E-state index contributed by atoms with van der Waals surface area (Å²) in [4.78, 5) is 15.1. The van der Waals surface area contributed by atoms with E-state index in [4.69, 9.17) is 0 Å². The lowest BCUT2D eigenvalue weighted by Gasteiger charge is -2.09. The Bertz CT molecular complexity index is 639. The summed E-state index contributed by atoms with van der Waals surface area (Å²) in [6, 6.07) is 8.93. The van der Waals surface area contributed by atoms with Gasteiger partial charge in [-0.05, 0) is 31.5 Å². The third-order valence-electron chi connectivity index (χ3n) is 2.97. The van der Waals surface area contributed by atoms with Crippen molar-refractivity contribution in [2.24, 2.45) is 0 Å². The summed E-state index contributed by atoms with van der Waals surface area (Å²) in [6.07, 6.45) is 0. The molecule has 0 aliphatic carbocycles. The van der Waals surface area contributed by atoms with Crippen LogP contribution in [-0.2, 0) is 0 Å². The molecule has 0 atom stereocenters. The highest BCUT2D eigenvalue weighted by Gasteiger charge is 2.19. The van der Waals surface area contributed by atoms with Crippen molar-refractivity contribution in [1.29, 1.82) is 0 Å². The van der Waals surface area contributed by atoms with E-state index in [2.05, 4.69) is 10.3 Å². The Balaban J connectivity index is 2.71. The predicted octanol–water partition coefficient (Wildman–Crippen LogP) is 3.32. The van der Waals surface area contributed by atoms with Crippen molar-refractivity contribution in [3.63, 3.8) is 0 Å². The second-order valence-electron chi connectivity index (χ2n) is 4.39. The molecule has 0 unspecified atom stereocenters. The average molecular weight is 257 g/mol. The van der Waals surface area contributed by atoms with Gasteiger partial charge in [0, 0.05) is 18.7 Å². The quantitative estimate of drug-likeness (QED) is 0.676. The lowest BCUT2D eigenvalue weighted by molar-refractivity contribution is -0.384. The van der Waals surface area contributed by atoms with Gasteiger partial charge in [0.1, 0.15) is 5.82 Å². The van der Waals surface area contributed by atoms with Crippen LogP contribution >= 0.6 is 0 Å². The first-order valence-electron chi connectivity index (χ1n) is 5.93. The molecule has 1 N–H and O–H groups in total. The summed E-state index contributed by atoms with van der Waals surface area (Å²) in [5, 5.41) is 14.0. The number of nitrogens with zero attached hydrogens (tertiary/aromatic N) is 2. The van der Waals surface area contributed by atoms with E-state index in [9.17, 15) is 10.1 Å². The number of nitrogens with one attached hydrogen (secondary N) is 1. The van der Waals surface area contributed by atoms with Gasteiger partial charge in [0.05, 0.1) is 4.92 Å². The average Bonchev–Trinajstić information content (AvgIpc) is 2.40. The van der Waals surface area contributed by atoms with E-state index in [0.29, 0.717) is 11.5 Å². The van der Waals surface area contributed by atoms with E-state index >= 15 is 0 Å². The smallest absolute Gasteiger partial charge is 0.295 e. The largest absolute Gasteiger partial charge is 0.373 e. The predicted molar refractivity (Wildman–Crippen MR) is 75.3 cm³/mol. The molecular formula is C14H15N3O2. The number of pyridine rings is 1. The standard InChI is InChI=1S/C14H15N3O2/c1-9-4-5-10(2)11(8-9)14-12(17(18)19)6-7-13(15-3)16-14/h4-8H,1-3H3,(H,15,16). The van der Waals surface area contributed by atoms with Crippen LogP contribution in [0.3, 0.4) is 0 Å². The number of anilines is 1. The number of hydrogen-bond acceptors (Lipinski definition) is 4. The molecule has 0 fully saturated rings. The van der Waals surface area contributed by atoms with Gasteiger partial charge in [-0.2, -0.15) is 0 Å². The van der Waals surface area contributed by atoms with E-state index < -0.39 is 4.92 Å². The fourth-order valence-electron chi connectivity index (χ4n) is 1.93. The molecule has 0 saturated carbocycles. The minimum atomic E-state index is -0.399. The molecule has 0 radical (unpaired) electrons. The Kier molecular flexibility index (Phi) is 3.46. The van der Waals surface area contributed by atoms with Crippen LogP contribution in [0, 0.1) is 24.0 Å². The van der Waals surface area contributed by atoms with Crippen molar-refractivity contribution in [2.75, 3.05) is 12.4 Å². The Morgan fingerprint density at radius 3 is 2.58 bits per heavy atom. The monoisotopic (exact) mass is 257 g/mol. The zero-order valence-electron chi connectivity index (χ0n) is 11.1. The topological polar surface area (TPSA) is 68.1 Å². The Hall–Kier alpha value is -2.43. The summed E-state index contributed by atoms with van der Waals surface area (Å²) in [6.45, 7) is 3.88. The van der Waals surface area contributed by atoms with E-state index in [0.717, 1.165) is 16.7 Å². The highest BCUT2D eigenvalue weighted by atomic mass is 16.6. The van der Waals surface area contributed by atoms with Gasteiger partial charge in [-0.3, -0.25) is 10.1 Å². The summed E-state index contributed by atoms with van der Waals surface area (Å²) in [7, 11) is 1.74. The van der Waals surface area contributed by atoms with Crippen LogP contribution < -0.4 is 5.32 Å². The highest BCUT2D eigenvalue weighted by molar-refractivity contribution is 5.74. The minimum Gasteiger partial charge on any atom is -0.373 e. The molecule has 2 rings (SSSR count). The van der Waals surface area contributed by atoms with Gasteiger partial charge in [0.15, 0.2) is 5.69 Å². The van der Waals surface area contributed by atoms with Crippen molar-refractivity contribution in [3.05, 3.63) is 51.6 Å². The molecule has 5 heteroatoms. The van der Waals surface area contributed by atoms with E-state index in [1.54, 1.807) is 13.1 Å². The molecule has 0 aliphatic rings. The van der Waals surface area contributed by atoms with Gasteiger partial charge in [-0.1, -0.05) is 17.7 Å². The van der Waals surface area contributed by atoms with Crippen LogP contribution in [0.15, 0.2) is 30.3 Å². The molecule has 1 heterocycles. The van der Waals surface area contributed by atoms with Crippen molar-refractivity contribution in [2.45, 2.75) is 13.8 Å². The molecule has 0 amide bonds. The van der Waals surface area contributed by atoms with Gasteiger partial charge >= 0.3 is 0 Å². The SMILES string of the molecule is CNc1ccc([N+](=O)[O-])c(-c2cc(C)ccc2C)n1. The zero-order valence-corrected chi connectivity index (χ0v) is 11.1. The summed E-state index contributed by atoms with van der Waals surface area (Å²) in [5.41, 5.74) is 3.23. The molecular weight excluding hydrogens is 242 g/mol. The van der Waals surface area contributed by atoms with Gasteiger partial charge in [0.2, 0.25) is 0 Å². The van der Waals surface area contributed by atoms with Gasteiger partial charge in [-0.15, -0.1) is 0 Å². The maximum absolute atomic E-state index is 11.1. The maximum Gasteiger partial charge on any atom is 0.295 e. The van der Waals surface area contributed by atoms with Gasteiger partial charge in [-0.25, -0.2) is 4.98 Å². The van der Waals surface area contributed by atoms with Crippen LogP contribution in [0.2, 0.25) is 0 Å². The van der Waals surface area contributed by atoms with E-state index in [1.165, 1.54) is 6.07 Å². The number of hydrogen-bond donors (Lipinski definition) is 1. The normalized spacial score (nSPS) is 10.3. The second-order valence-corrected chi connectivity index (χ2v) is 4.39. The molecule has 98 valence electrons. The molecule has 0 aliphatic heterocycles. The van der Waals surface area contributed by atoms with Crippen molar-refractivity contribution in [1.82, 2.24) is 4.98 Å². The van der Waals surface area contributed by atoms with Crippen LogP contribution in [-0.4, -0.2) is 17.0 Å². The zero-order chi connectivity index (χ0) is 14.0. The summed E-state index contributed by atoms with van der Waals surface area (Å²) >= 11 is 0. The van der Waals surface area contributed by atoms with Crippen LogP contribution in [0.4, 0.5) is 11.5 Å². The van der Waals surface area contributed by atoms with Crippen molar-refractivity contribution >= 4 is 11.5 Å². The van der Waals surface area contributed by atoms with Crippen molar-refractivity contribution in [3.8, 4) is 11.3 Å². The Morgan fingerprint density at radius 1 is 1.21 bits per heavy atom. The Morgan fingerprint density at radius 2 is 1.95 bits per heavy atom. The molecule has 19 heavy (non-hydrogen) atoms. The lowest BCUT2D eigenvalue weighted by Crippen LogP contribution is -2.00. The second kappa shape index (κ2) is 5.06. The first kappa shape index (κ1) is 13.0. The molecule has 1 aromatic carbocycles.